The predicted octanol–water partition coefficient (Wildman–Crippen LogP) is 2.42. The van der Waals surface area contributed by atoms with Gasteiger partial charge in [0.05, 0.1) is 0 Å². The molecule has 2 rings (SSSR count). The van der Waals surface area contributed by atoms with Gasteiger partial charge in [-0.25, -0.2) is 0 Å². The molecule has 0 bridgehead atoms. The lowest BCUT2D eigenvalue weighted by Gasteiger charge is -2.27. The molecule has 2 aliphatic carbocycles. The van der Waals surface area contributed by atoms with E-state index in [0.717, 1.165) is 17.3 Å². The standard InChI is InChI=1S/C11H21N/c1-9-3-5-11(6-4-9)7-10(11)8-12-2/h9-10,12H,3-8H2,1-2H3. The van der Waals surface area contributed by atoms with Gasteiger partial charge in [0.15, 0.2) is 0 Å². The van der Waals surface area contributed by atoms with Gasteiger partial charge in [-0.1, -0.05) is 19.8 Å². The first-order valence-corrected chi connectivity index (χ1v) is 5.41. The van der Waals surface area contributed by atoms with Crippen LogP contribution in [0.3, 0.4) is 0 Å². The molecule has 0 radical (unpaired) electrons. The van der Waals surface area contributed by atoms with Crippen LogP contribution in [-0.2, 0) is 0 Å². The maximum Gasteiger partial charge on any atom is -0.00180 e. The molecular formula is C11H21N. The van der Waals surface area contributed by atoms with E-state index < -0.39 is 0 Å². The fraction of sp³-hybridized carbons (Fsp3) is 1.00. The number of hydrogen-bond acceptors (Lipinski definition) is 1. The van der Waals surface area contributed by atoms with Crippen LogP contribution >= 0.6 is 0 Å². The van der Waals surface area contributed by atoms with Gasteiger partial charge >= 0.3 is 0 Å². The Morgan fingerprint density at radius 3 is 2.58 bits per heavy atom. The average molecular weight is 167 g/mol. The summed E-state index contributed by atoms with van der Waals surface area (Å²) >= 11 is 0. The van der Waals surface area contributed by atoms with Gasteiger partial charge in [-0.2, -0.15) is 0 Å². The number of rotatable bonds is 2. The SMILES string of the molecule is CNCC1CC12CCC(C)CC2. The Bertz CT molecular complexity index is 156. The molecule has 70 valence electrons. The molecule has 0 aliphatic heterocycles. The van der Waals surface area contributed by atoms with E-state index in [-0.39, 0.29) is 0 Å². The van der Waals surface area contributed by atoms with E-state index in [4.69, 9.17) is 0 Å². The molecular weight excluding hydrogens is 146 g/mol. The quantitative estimate of drug-likeness (QED) is 0.666. The topological polar surface area (TPSA) is 12.0 Å². The lowest BCUT2D eigenvalue weighted by molar-refractivity contribution is 0.250. The third-order valence-electron chi connectivity index (χ3n) is 4.08. The Morgan fingerprint density at radius 2 is 2.00 bits per heavy atom. The minimum atomic E-state index is 0.815. The van der Waals surface area contributed by atoms with Crippen molar-refractivity contribution >= 4 is 0 Å². The summed E-state index contributed by atoms with van der Waals surface area (Å²) in [5.74, 6) is 2.03. The fourth-order valence-corrected chi connectivity index (χ4v) is 2.92. The van der Waals surface area contributed by atoms with E-state index in [1.54, 1.807) is 0 Å². The summed E-state index contributed by atoms with van der Waals surface area (Å²) in [7, 11) is 2.08. The Kier molecular flexibility index (Phi) is 2.16. The maximum absolute atomic E-state index is 3.31. The molecule has 1 atom stereocenters. The van der Waals surface area contributed by atoms with E-state index in [9.17, 15) is 0 Å². The summed E-state index contributed by atoms with van der Waals surface area (Å²) in [5, 5.41) is 3.31. The van der Waals surface area contributed by atoms with Gasteiger partial charge in [0, 0.05) is 0 Å². The Hall–Kier alpha value is -0.0400. The highest BCUT2D eigenvalue weighted by Gasteiger charge is 2.53. The van der Waals surface area contributed by atoms with Crippen molar-refractivity contribution in [2.75, 3.05) is 13.6 Å². The van der Waals surface area contributed by atoms with Crippen molar-refractivity contribution in [3.63, 3.8) is 0 Å². The highest BCUT2D eigenvalue weighted by atomic mass is 14.8. The van der Waals surface area contributed by atoms with Crippen LogP contribution in [0, 0.1) is 17.3 Å². The minimum Gasteiger partial charge on any atom is -0.319 e. The van der Waals surface area contributed by atoms with Crippen LogP contribution in [0.2, 0.25) is 0 Å². The first-order valence-electron chi connectivity index (χ1n) is 5.41. The van der Waals surface area contributed by atoms with Crippen molar-refractivity contribution in [3.05, 3.63) is 0 Å². The predicted molar refractivity (Wildman–Crippen MR) is 52.1 cm³/mol. The van der Waals surface area contributed by atoms with Crippen molar-refractivity contribution < 1.29 is 0 Å². The molecule has 1 nitrogen and oxygen atoms in total. The van der Waals surface area contributed by atoms with Crippen LogP contribution < -0.4 is 5.32 Å². The normalized spacial score (nSPS) is 46.5. The third kappa shape index (κ3) is 1.39. The van der Waals surface area contributed by atoms with Crippen molar-refractivity contribution in [2.45, 2.75) is 39.0 Å². The smallest absolute Gasteiger partial charge is 0.00180 e. The molecule has 0 aromatic carbocycles. The lowest BCUT2D eigenvalue weighted by Crippen LogP contribution is -2.19. The highest BCUT2D eigenvalue weighted by molar-refractivity contribution is 5.04. The first kappa shape index (κ1) is 8.55. The molecule has 0 heterocycles. The van der Waals surface area contributed by atoms with Gasteiger partial charge in [-0.05, 0) is 50.1 Å². The number of nitrogens with one attached hydrogen (secondary N) is 1. The van der Waals surface area contributed by atoms with Crippen molar-refractivity contribution in [2.24, 2.45) is 17.3 Å². The van der Waals surface area contributed by atoms with Crippen LogP contribution in [0.15, 0.2) is 0 Å². The van der Waals surface area contributed by atoms with Gasteiger partial charge in [-0.3, -0.25) is 0 Å². The zero-order chi connectivity index (χ0) is 8.60. The summed E-state index contributed by atoms with van der Waals surface area (Å²) in [5.41, 5.74) is 0.815. The van der Waals surface area contributed by atoms with Crippen molar-refractivity contribution in [1.82, 2.24) is 5.32 Å². The van der Waals surface area contributed by atoms with E-state index in [2.05, 4.69) is 19.3 Å². The van der Waals surface area contributed by atoms with E-state index in [0.29, 0.717) is 0 Å². The Balaban J connectivity index is 1.83. The summed E-state index contributed by atoms with van der Waals surface area (Å²) in [4.78, 5) is 0. The second-order valence-corrected chi connectivity index (χ2v) is 5.00. The van der Waals surface area contributed by atoms with E-state index in [1.165, 1.54) is 38.6 Å². The summed E-state index contributed by atoms with van der Waals surface area (Å²) in [6, 6.07) is 0. The van der Waals surface area contributed by atoms with E-state index in [1.807, 2.05) is 0 Å². The summed E-state index contributed by atoms with van der Waals surface area (Å²) in [6.07, 6.45) is 7.52. The third-order valence-corrected chi connectivity index (χ3v) is 4.08. The van der Waals surface area contributed by atoms with Crippen molar-refractivity contribution in [3.8, 4) is 0 Å². The maximum atomic E-state index is 3.31. The van der Waals surface area contributed by atoms with Crippen LogP contribution in [-0.4, -0.2) is 13.6 Å². The highest BCUT2D eigenvalue weighted by Crippen LogP contribution is 2.61. The minimum absolute atomic E-state index is 0.815. The zero-order valence-corrected chi connectivity index (χ0v) is 8.40. The van der Waals surface area contributed by atoms with Crippen LogP contribution in [0.25, 0.3) is 0 Å². The molecule has 0 aromatic heterocycles. The van der Waals surface area contributed by atoms with Gasteiger partial charge < -0.3 is 5.32 Å². The number of hydrogen-bond donors (Lipinski definition) is 1. The van der Waals surface area contributed by atoms with Gasteiger partial charge in [0.25, 0.3) is 0 Å². The molecule has 0 amide bonds. The molecule has 2 fully saturated rings. The zero-order valence-electron chi connectivity index (χ0n) is 8.40. The molecule has 1 heteroatoms. The molecule has 1 unspecified atom stereocenters. The van der Waals surface area contributed by atoms with E-state index >= 15 is 0 Å². The Morgan fingerprint density at radius 1 is 1.33 bits per heavy atom. The molecule has 1 N–H and O–H groups in total. The first-order chi connectivity index (χ1) is 5.77. The second-order valence-electron chi connectivity index (χ2n) is 5.00. The van der Waals surface area contributed by atoms with Gasteiger partial charge in [-0.15, -0.1) is 0 Å². The van der Waals surface area contributed by atoms with Gasteiger partial charge in [0.2, 0.25) is 0 Å². The molecule has 0 aromatic rings. The average Bonchev–Trinajstić information content (AvgIpc) is 2.72. The van der Waals surface area contributed by atoms with Crippen molar-refractivity contribution in [1.29, 1.82) is 0 Å². The second kappa shape index (κ2) is 3.02. The molecule has 0 saturated heterocycles. The fourth-order valence-electron chi connectivity index (χ4n) is 2.92. The largest absolute Gasteiger partial charge is 0.319 e. The van der Waals surface area contributed by atoms with Crippen LogP contribution in [0.4, 0.5) is 0 Å². The monoisotopic (exact) mass is 167 g/mol. The van der Waals surface area contributed by atoms with Crippen LogP contribution in [0.5, 0.6) is 0 Å². The van der Waals surface area contributed by atoms with Crippen LogP contribution in [0.1, 0.15) is 39.0 Å². The molecule has 1 spiro atoms. The Labute approximate surface area is 75.9 Å². The molecule has 2 saturated carbocycles. The molecule has 2 aliphatic rings. The lowest BCUT2D eigenvalue weighted by atomic mass is 9.79. The summed E-state index contributed by atoms with van der Waals surface area (Å²) < 4.78 is 0. The van der Waals surface area contributed by atoms with Gasteiger partial charge in [0.1, 0.15) is 0 Å². The summed E-state index contributed by atoms with van der Waals surface area (Å²) in [6.45, 7) is 3.66. The molecule has 12 heavy (non-hydrogen) atoms.